The normalized spacial score (nSPS) is 21.4. The Bertz CT molecular complexity index is 325. The third-order valence-corrected chi connectivity index (χ3v) is 3.28. The van der Waals surface area contributed by atoms with Crippen molar-refractivity contribution < 1.29 is 4.79 Å². The average molecular weight is 225 g/mol. The molecular formula is C10H15N3OS. The fourth-order valence-corrected chi connectivity index (χ4v) is 2.35. The molecule has 1 aliphatic heterocycles. The third-order valence-electron chi connectivity index (χ3n) is 2.59. The zero-order valence-electron chi connectivity index (χ0n) is 8.77. The molecule has 2 amide bonds. The van der Waals surface area contributed by atoms with Gasteiger partial charge in [-0.3, -0.25) is 5.32 Å². The Morgan fingerprint density at radius 2 is 2.60 bits per heavy atom. The molecule has 1 N–H and O–H groups in total. The van der Waals surface area contributed by atoms with Crippen molar-refractivity contribution in [2.75, 3.05) is 18.4 Å². The Labute approximate surface area is 93.3 Å². The number of amides is 2. The van der Waals surface area contributed by atoms with E-state index >= 15 is 0 Å². The van der Waals surface area contributed by atoms with Gasteiger partial charge in [0.1, 0.15) is 0 Å². The zero-order chi connectivity index (χ0) is 10.7. The van der Waals surface area contributed by atoms with E-state index in [-0.39, 0.29) is 6.03 Å². The minimum absolute atomic E-state index is 0.0171. The maximum atomic E-state index is 11.8. The lowest BCUT2D eigenvalue weighted by atomic mass is 10.0. The molecule has 4 nitrogen and oxygen atoms in total. The number of anilines is 1. The topological polar surface area (TPSA) is 45.2 Å². The molecule has 1 aromatic rings. The first-order valence-electron chi connectivity index (χ1n) is 5.21. The number of hydrogen-bond acceptors (Lipinski definition) is 3. The number of carbonyl (C=O) groups excluding carboxylic acids is 1. The van der Waals surface area contributed by atoms with E-state index < -0.39 is 0 Å². The van der Waals surface area contributed by atoms with Crippen LogP contribution in [0.2, 0.25) is 0 Å². The molecular weight excluding hydrogens is 210 g/mol. The smallest absolute Gasteiger partial charge is 0.323 e. The predicted molar refractivity (Wildman–Crippen MR) is 61.1 cm³/mol. The molecule has 5 heteroatoms. The van der Waals surface area contributed by atoms with Crippen LogP contribution in [0.4, 0.5) is 9.93 Å². The van der Waals surface area contributed by atoms with Crippen molar-refractivity contribution in [1.29, 1.82) is 0 Å². The highest BCUT2D eigenvalue weighted by Gasteiger charge is 2.21. The molecule has 0 bridgehead atoms. The van der Waals surface area contributed by atoms with Gasteiger partial charge in [0.2, 0.25) is 0 Å². The second-order valence-electron chi connectivity index (χ2n) is 3.96. The second kappa shape index (κ2) is 4.61. The standard InChI is InChI=1S/C10H15N3OS/c1-8-3-2-5-13(7-8)10(14)12-9-11-4-6-15-9/h4,6,8H,2-3,5,7H2,1H3,(H,11,12,14). The molecule has 1 unspecified atom stereocenters. The molecule has 15 heavy (non-hydrogen) atoms. The van der Waals surface area contributed by atoms with Gasteiger partial charge in [-0.25, -0.2) is 9.78 Å². The quantitative estimate of drug-likeness (QED) is 0.797. The number of piperidine rings is 1. The summed E-state index contributed by atoms with van der Waals surface area (Å²) in [5.41, 5.74) is 0. The summed E-state index contributed by atoms with van der Waals surface area (Å²) in [6, 6.07) is -0.0171. The number of aromatic nitrogens is 1. The lowest BCUT2D eigenvalue weighted by molar-refractivity contribution is 0.182. The fourth-order valence-electron chi connectivity index (χ4n) is 1.83. The minimum atomic E-state index is -0.0171. The van der Waals surface area contributed by atoms with Crippen molar-refractivity contribution in [1.82, 2.24) is 9.88 Å². The predicted octanol–water partition coefficient (Wildman–Crippen LogP) is 2.41. The summed E-state index contributed by atoms with van der Waals surface area (Å²) in [6.45, 7) is 3.90. The summed E-state index contributed by atoms with van der Waals surface area (Å²) in [7, 11) is 0. The number of thiazole rings is 1. The third kappa shape index (κ3) is 2.68. The summed E-state index contributed by atoms with van der Waals surface area (Å²) in [6.07, 6.45) is 4.02. The average Bonchev–Trinajstić information content (AvgIpc) is 2.70. The minimum Gasteiger partial charge on any atom is -0.324 e. The van der Waals surface area contributed by atoms with Gasteiger partial charge in [-0.2, -0.15) is 0 Å². The Morgan fingerprint density at radius 3 is 3.27 bits per heavy atom. The van der Waals surface area contributed by atoms with E-state index in [1.807, 2.05) is 10.3 Å². The van der Waals surface area contributed by atoms with Crippen LogP contribution in [0.25, 0.3) is 0 Å². The van der Waals surface area contributed by atoms with Crippen molar-refractivity contribution in [3.63, 3.8) is 0 Å². The zero-order valence-corrected chi connectivity index (χ0v) is 9.59. The van der Waals surface area contributed by atoms with Gasteiger partial charge in [0, 0.05) is 24.7 Å². The lowest BCUT2D eigenvalue weighted by Crippen LogP contribution is -2.41. The van der Waals surface area contributed by atoms with Crippen LogP contribution in [0.15, 0.2) is 11.6 Å². The number of carbonyl (C=O) groups is 1. The SMILES string of the molecule is CC1CCCN(C(=O)Nc2nccs2)C1. The number of rotatable bonds is 1. The van der Waals surface area contributed by atoms with Gasteiger partial charge in [-0.15, -0.1) is 11.3 Å². The van der Waals surface area contributed by atoms with Crippen molar-refractivity contribution in [3.05, 3.63) is 11.6 Å². The number of likely N-dealkylation sites (tertiary alicyclic amines) is 1. The van der Waals surface area contributed by atoms with E-state index in [1.54, 1.807) is 6.20 Å². The second-order valence-corrected chi connectivity index (χ2v) is 4.86. The van der Waals surface area contributed by atoms with Crippen LogP contribution in [-0.2, 0) is 0 Å². The molecule has 0 saturated carbocycles. The van der Waals surface area contributed by atoms with Crippen molar-refractivity contribution in [3.8, 4) is 0 Å². The van der Waals surface area contributed by atoms with E-state index in [2.05, 4.69) is 17.2 Å². The molecule has 1 atom stereocenters. The van der Waals surface area contributed by atoms with E-state index in [9.17, 15) is 4.79 Å². The lowest BCUT2D eigenvalue weighted by Gasteiger charge is -2.30. The van der Waals surface area contributed by atoms with Gasteiger partial charge in [0.15, 0.2) is 5.13 Å². The first kappa shape index (κ1) is 10.4. The van der Waals surface area contributed by atoms with Gasteiger partial charge < -0.3 is 4.90 Å². The number of nitrogens with one attached hydrogen (secondary N) is 1. The van der Waals surface area contributed by atoms with Crippen molar-refractivity contribution in [2.45, 2.75) is 19.8 Å². The van der Waals surface area contributed by atoms with Crippen LogP contribution in [0, 0.1) is 5.92 Å². The monoisotopic (exact) mass is 225 g/mol. The molecule has 1 aromatic heterocycles. The summed E-state index contributed by atoms with van der Waals surface area (Å²) >= 11 is 1.45. The maximum Gasteiger partial charge on any atom is 0.323 e. The van der Waals surface area contributed by atoms with Gasteiger partial charge in [-0.1, -0.05) is 6.92 Å². The van der Waals surface area contributed by atoms with E-state index in [0.29, 0.717) is 11.0 Å². The van der Waals surface area contributed by atoms with Crippen molar-refractivity contribution >= 4 is 22.5 Å². The Morgan fingerprint density at radius 1 is 1.73 bits per heavy atom. The molecule has 0 radical (unpaired) electrons. The highest BCUT2D eigenvalue weighted by Crippen LogP contribution is 2.17. The van der Waals surface area contributed by atoms with Crippen LogP contribution < -0.4 is 5.32 Å². The van der Waals surface area contributed by atoms with Crippen LogP contribution >= 0.6 is 11.3 Å². The van der Waals surface area contributed by atoms with E-state index in [1.165, 1.54) is 17.8 Å². The summed E-state index contributed by atoms with van der Waals surface area (Å²) in [5.74, 6) is 0.612. The molecule has 0 aliphatic carbocycles. The van der Waals surface area contributed by atoms with E-state index in [4.69, 9.17) is 0 Å². The van der Waals surface area contributed by atoms with Gasteiger partial charge in [0.25, 0.3) is 0 Å². The van der Waals surface area contributed by atoms with Gasteiger partial charge >= 0.3 is 6.03 Å². The molecule has 0 spiro atoms. The Hall–Kier alpha value is -1.10. The molecule has 1 fully saturated rings. The van der Waals surface area contributed by atoms with E-state index in [0.717, 1.165) is 19.5 Å². The van der Waals surface area contributed by atoms with Crippen LogP contribution in [0.3, 0.4) is 0 Å². The van der Waals surface area contributed by atoms with Crippen molar-refractivity contribution in [2.24, 2.45) is 5.92 Å². The Kier molecular flexibility index (Phi) is 3.20. The molecule has 1 aliphatic rings. The van der Waals surface area contributed by atoms with Crippen LogP contribution in [-0.4, -0.2) is 29.0 Å². The van der Waals surface area contributed by atoms with Crippen LogP contribution in [0.1, 0.15) is 19.8 Å². The maximum absolute atomic E-state index is 11.8. The molecule has 2 rings (SSSR count). The molecule has 2 heterocycles. The molecule has 1 saturated heterocycles. The Balaban J connectivity index is 1.90. The molecule has 82 valence electrons. The first-order chi connectivity index (χ1) is 7.25. The van der Waals surface area contributed by atoms with Gasteiger partial charge in [0.05, 0.1) is 0 Å². The number of hydrogen-bond donors (Lipinski definition) is 1. The fraction of sp³-hybridized carbons (Fsp3) is 0.600. The summed E-state index contributed by atoms with van der Waals surface area (Å²) in [4.78, 5) is 17.7. The first-order valence-corrected chi connectivity index (χ1v) is 6.09. The summed E-state index contributed by atoms with van der Waals surface area (Å²) < 4.78 is 0. The molecule has 0 aromatic carbocycles. The number of nitrogens with zero attached hydrogens (tertiary/aromatic N) is 2. The highest BCUT2D eigenvalue weighted by molar-refractivity contribution is 7.13. The highest BCUT2D eigenvalue weighted by atomic mass is 32.1. The largest absolute Gasteiger partial charge is 0.324 e. The van der Waals surface area contributed by atoms with Gasteiger partial charge in [-0.05, 0) is 18.8 Å². The summed E-state index contributed by atoms with van der Waals surface area (Å²) in [5, 5.41) is 5.34. The number of urea groups is 1. The van der Waals surface area contributed by atoms with Crippen LogP contribution in [0.5, 0.6) is 0 Å².